The first-order valence-electron chi connectivity index (χ1n) is 6.64. The number of anilines is 1. The summed E-state index contributed by atoms with van der Waals surface area (Å²) in [6.45, 7) is 0.413. The van der Waals surface area contributed by atoms with E-state index in [0.29, 0.717) is 12.5 Å². The Kier molecular flexibility index (Phi) is 5.04. The lowest BCUT2D eigenvalue weighted by atomic mass is 9.90. The smallest absolute Gasteiger partial charge is 0.242 e. The van der Waals surface area contributed by atoms with E-state index in [4.69, 9.17) is 5.73 Å². The van der Waals surface area contributed by atoms with E-state index in [1.165, 1.54) is 12.5 Å². The van der Waals surface area contributed by atoms with Crippen molar-refractivity contribution < 1.29 is 12.8 Å². The molecule has 1 saturated carbocycles. The molecule has 1 fully saturated rings. The summed E-state index contributed by atoms with van der Waals surface area (Å²) >= 11 is 2.98. The number of hydrogen-bond acceptors (Lipinski definition) is 3. The zero-order valence-corrected chi connectivity index (χ0v) is 13.4. The summed E-state index contributed by atoms with van der Waals surface area (Å²) in [7, 11) is -3.70. The first-order chi connectivity index (χ1) is 9.40. The minimum Gasteiger partial charge on any atom is -0.398 e. The Morgan fingerprint density at radius 1 is 1.30 bits per heavy atom. The van der Waals surface area contributed by atoms with E-state index in [-0.39, 0.29) is 15.1 Å². The predicted molar refractivity (Wildman–Crippen MR) is 80.3 cm³/mol. The first-order valence-corrected chi connectivity index (χ1v) is 8.92. The molecule has 0 unspecified atom stereocenters. The van der Waals surface area contributed by atoms with Crippen LogP contribution in [0.4, 0.5) is 10.1 Å². The van der Waals surface area contributed by atoms with Crippen molar-refractivity contribution in [3.05, 3.63) is 22.4 Å². The molecule has 0 aromatic heterocycles. The monoisotopic (exact) mass is 364 g/mol. The standard InChI is InChI=1S/C13H18BrFN2O2S/c14-10-6-13(12(16)7-11(10)15)20(18,19)17-8-9-4-2-1-3-5-9/h6-7,9,17H,1-5,8,16H2. The lowest BCUT2D eigenvalue weighted by Crippen LogP contribution is -2.30. The van der Waals surface area contributed by atoms with Crippen molar-refractivity contribution in [2.75, 3.05) is 12.3 Å². The van der Waals surface area contributed by atoms with Gasteiger partial charge in [-0.1, -0.05) is 19.3 Å². The number of nitrogen functional groups attached to an aromatic ring is 1. The minimum absolute atomic E-state index is 0.0816. The number of hydrogen-bond donors (Lipinski definition) is 2. The highest BCUT2D eigenvalue weighted by Crippen LogP contribution is 2.27. The molecule has 0 saturated heterocycles. The SMILES string of the molecule is Nc1cc(F)c(Br)cc1S(=O)(=O)NCC1CCCCC1. The molecule has 3 N–H and O–H groups in total. The Morgan fingerprint density at radius 3 is 2.60 bits per heavy atom. The Labute approximate surface area is 127 Å². The summed E-state index contributed by atoms with van der Waals surface area (Å²) in [5.41, 5.74) is 5.52. The van der Waals surface area contributed by atoms with Crippen molar-refractivity contribution in [3.8, 4) is 0 Å². The van der Waals surface area contributed by atoms with Gasteiger partial charge in [0.2, 0.25) is 10.0 Å². The second-order valence-electron chi connectivity index (χ2n) is 5.16. The van der Waals surface area contributed by atoms with Gasteiger partial charge in [-0.25, -0.2) is 17.5 Å². The molecule has 0 aliphatic heterocycles. The molecule has 112 valence electrons. The fourth-order valence-corrected chi connectivity index (χ4v) is 4.22. The van der Waals surface area contributed by atoms with Crippen LogP contribution in [-0.4, -0.2) is 15.0 Å². The molecule has 0 spiro atoms. The van der Waals surface area contributed by atoms with Gasteiger partial charge in [-0.3, -0.25) is 0 Å². The van der Waals surface area contributed by atoms with Crippen LogP contribution in [0.25, 0.3) is 0 Å². The normalized spacial score (nSPS) is 17.3. The summed E-state index contributed by atoms with van der Waals surface area (Å²) in [5.74, 6) is -0.197. The van der Waals surface area contributed by atoms with Crippen LogP contribution in [0.2, 0.25) is 0 Å². The van der Waals surface area contributed by atoms with Crippen molar-refractivity contribution in [1.29, 1.82) is 0 Å². The topological polar surface area (TPSA) is 72.2 Å². The van der Waals surface area contributed by atoms with E-state index in [0.717, 1.165) is 31.7 Å². The van der Waals surface area contributed by atoms with Crippen LogP contribution in [0.15, 0.2) is 21.5 Å². The van der Waals surface area contributed by atoms with E-state index in [1.807, 2.05) is 0 Å². The fourth-order valence-electron chi connectivity index (χ4n) is 2.47. The molecule has 20 heavy (non-hydrogen) atoms. The largest absolute Gasteiger partial charge is 0.398 e. The van der Waals surface area contributed by atoms with Crippen LogP contribution in [0.3, 0.4) is 0 Å². The van der Waals surface area contributed by atoms with Gasteiger partial charge < -0.3 is 5.73 Å². The van der Waals surface area contributed by atoms with Gasteiger partial charge in [0.25, 0.3) is 0 Å². The number of sulfonamides is 1. The molecule has 1 aliphatic rings. The molecule has 0 bridgehead atoms. The fraction of sp³-hybridized carbons (Fsp3) is 0.538. The Hall–Kier alpha value is -0.660. The molecule has 1 aromatic rings. The second-order valence-corrected chi connectivity index (χ2v) is 7.75. The molecule has 0 heterocycles. The van der Waals surface area contributed by atoms with Gasteiger partial charge in [0.1, 0.15) is 10.7 Å². The summed E-state index contributed by atoms with van der Waals surface area (Å²) in [6, 6.07) is 2.22. The van der Waals surface area contributed by atoms with Gasteiger partial charge in [-0.05, 0) is 46.8 Å². The van der Waals surface area contributed by atoms with Crippen molar-refractivity contribution in [2.45, 2.75) is 37.0 Å². The average Bonchev–Trinajstić information content (AvgIpc) is 2.42. The molecular weight excluding hydrogens is 347 g/mol. The Morgan fingerprint density at radius 2 is 1.95 bits per heavy atom. The van der Waals surface area contributed by atoms with Crippen LogP contribution in [0.1, 0.15) is 32.1 Å². The van der Waals surface area contributed by atoms with Crippen molar-refractivity contribution in [2.24, 2.45) is 5.92 Å². The third-order valence-electron chi connectivity index (χ3n) is 3.63. The van der Waals surface area contributed by atoms with E-state index in [1.54, 1.807) is 0 Å². The highest BCUT2D eigenvalue weighted by molar-refractivity contribution is 9.10. The van der Waals surface area contributed by atoms with Gasteiger partial charge in [-0.2, -0.15) is 0 Å². The van der Waals surface area contributed by atoms with Gasteiger partial charge in [0.15, 0.2) is 0 Å². The maximum atomic E-state index is 13.3. The Balaban J connectivity index is 2.11. The maximum Gasteiger partial charge on any atom is 0.242 e. The highest BCUT2D eigenvalue weighted by Gasteiger charge is 2.22. The van der Waals surface area contributed by atoms with Gasteiger partial charge in [-0.15, -0.1) is 0 Å². The highest BCUT2D eigenvalue weighted by atomic mass is 79.9. The van der Waals surface area contributed by atoms with Crippen molar-refractivity contribution >= 4 is 31.6 Å². The number of halogens is 2. The zero-order valence-electron chi connectivity index (χ0n) is 11.0. The van der Waals surface area contributed by atoms with Gasteiger partial charge >= 0.3 is 0 Å². The first kappa shape index (κ1) is 15.7. The van der Waals surface area contributed by atoms with E-state index >= 15 is 0 Å². The summed E-state index contributed by atoms with van der Waals surface area (Å²) in [6.07, 6.45) is 5.62. The minimum atomic E-state index is -3.70. The molecule has 1 aliphatic carbocycles. The summed E-state index contributed by atoms with van der Waals surface area (Å²) in [4.78, 5) is -0.0819. The quantitative estimate of drug-likeness (QED) is 0.806. The molecule has 0 amide bonds. The summed E-state index contributed by atoms with van der Waals surface area (Å²) < 4.78 is 40.4. The van der Waals surface area contributed by atoms with Crippen LogP contribution in [-0.2, 0) is 10.0 Å². The lowest BCUT2D eigenvalue weighted by molar-refractivity contribution is 0.357. The van der Waals surface area contributed by atoms with Crippen molar-refractivity contribution in [3.63, 3.8) is 0 Å². The van der Waals surface area contributed by atoms with Crippen molar-refractivity contribution in [1.82, 2.24) is 4.72 Å². The Bertz CT molecular complexity index is 586. The third kappa shape index (κ3) is 3.71. The molecule has 7 heteroatoms. The molecule has 0 radical (unpaired) electrons. The molecule has 4 nitrogen and oxygen atoms in total. The van der Waals surface area contributed by atoms with E-state index in [2.05, 4.69) is 20.7 Å². The van der Waals surface area contributed by atoms with Crippen LogP contribution >= 0.6 is 15.9 Å². The second kappa shape index (κ2) is 6.41. The third-order valence-corrected chi connectivity index (χ3v) is 5.72. The van der Waals surface area contributed by atoms with Crippen LogP contribution in [0, 0.1) is 11.7 Å². The molecule has 2 rings (SSSR count). The zero-order chi connectivity index (χ0) is 14.8. The van der Waals surface area contributed by atoms with Gasteiger partial charge in [0.05, 0.1) is 10.2 Å². The number of benzene rings is 1. The summed E-state index contributed by atoms with van der Waals surface area (Å²) in [5, 5.41) is 0. The number of nitrogens with two attached hydrogens (primary N) is 1. The van der Waals surface area contributed by atoms with E-state index in [9.17, 15) is 12.8 Å². The molecular formula is C13H18BrFN2O2S. The van der Waals surface area contributed by atoms with E-state index < -0.39 is 15.8 Å². The molecule has 0 atom stereocenters. The maximum absolute atomic E-state index is 13.3. The molecule has 1 aromatic carbocycles. The predicted octanol–water partition coefficient (Wildman–Crippen LogP) is 3.03. The van der Waals surface area contributed by atoms with Crippen LogP contribution in [0.5, 0.6) is 0 Å². The number of rotatable bonds is 4. The van der Waals surface area contributed by atoms with Crippen LogP contribution < -0.4 is 10.5 Å². The number of nitrogens with one attached hydrogen (secondary N) is 1. The lowest BCUT2D eigenvalue weighted by Gasteiger charge is -2.21. The average molecular weight is 365 g/mol. The van der Waals surface area contributed by atoms with Gasteiger partial charge in [0, 0.05) is 6.54 Å².